The number of fused-ring (bicyclic) bond motifs is 1. The maximum atomic E-state index is 9.58. The Morgan fingerprint density at radius 3 is 2.58 bits per heavy atom. The minimum atomic E-state index is 0.608. The van der Waals surface area contributed by atoms with Crippen molar-refractivity contribution >= 4 is 10.9 Å². The summed E-state index contributed by atoms with van der Waals surface area (Å²) < 4.78 is 9.81. The number of rotatable bonds is 2. The Morgan fingerprint density at radius 2 is 1.85 bits per heavy atom. The first kappa shape index (κ1) is 16.0. The lowest BCUT2D eigenvalue weighted by Gasteiger charge is -2.09. The zero-order valence-electron chi connectivity index (χ0n) is 15.0. The number of hydrogen-bond donors (Lipinski definition) is 0. The van der Waals surface area contributed by atoms with Crippen molar-refractivity contribution in [3.05, 3.63) is 77.8 Å². The van der Waals surface area contributed by atoms with Crippen molar-refractivity contribution in [2.24, 2.45) is 7.05 Å². The molecule has 0 aliphatic rings. The molecule has 0 saturated heterocycles. The molecule has 0 amide bonds. The summed E-state index contributed by atoms with van der Waals surface area (Å²) in [5, 5.41) is 10.7. The van der Waals surface area contributed by atoms with Crippen LogP contribution in [0.2, 0.25) is 0 Å². The van der Waals surface area contributed by atoms with Gasteiger partial charge in [-0.05, 0) is 25.1 Å². The molecule has 0 bridgehead atoms. The molecule has 0 atom stereocenters. The average Bonchev–Trinajstić information content (AvgIpc) is 3.08. The highest BCUT2D eigenvalue weighted by molar-refractivity contribution is 5.76. The highest BCUT2D eigenvalue weighted by Gasteiger charge is 2.26. The Kier molecular flexibility index (Phi) is 3.78. The van der Waals surface area contributed by atoms with Gasteiger partial charge >= 0.3 is 5.89 Å². The molecular formula is C22H19N3O+2. The van der Waals surface area contributed by atoms with Gasteiger partial charge < -0.3 is 4.42 Å². The van der Waals surface area contributed by atoms with Crippen LogP contribution in [0.3, 0.4) is 0 Å². The fraction of sp³-hybridized carbons (Fsp3) is 0.136. The Balaban J connectivity index is 2.10. The van der Waals surface area contributed by atoms with Gasteiger partial charge in [0.05, 0.1) is 17.2 Å². The molecule has 4 aromatic rings. The van der Waals surface area contributed by atoms with Gasteiger partial charge in [-0.3, -0.25) is 0 Å². The average molecular weight is 341 g/mol. The first-order valence-electron chi connectivity index (χ1n) is 8.49. The standard InChI is InChI=1S/C22H19N3O/c1-15-8-9-18-6-4-5-7-20(18)25(15)21-13-17(14-23)12-19(16(21)2)22-24(3)10-11-26-22/h4-13H,1-3H3/q+2. The third-order valence-corrected chi connectivity index (χ3v) is 4.80. The van der Waals surface area contributed by atoms with Gasteiger partial charge in [0.1, 0.15) is 7.05 Å². The Bertz CT molecular complexity index is 1180. The van der Waals surface area contributed by atoms with E-state index in [4.69, 9.17) is 4.42 Å². The van der Waals surface area contributed by atoms with Crippen LogP contribution in [0.5, 0.6) is 0 Å². The van der Waals surface area contributed by atoms with E-state index in [1.165, 1.54) is 0 Å². The monoisotopic (exact) mass is 341 g/mol. The van der Waals surface area contributed by atoms with Crippen LogP contribution in [0.25, 0.3) is 28.0 Å². The lowest BCUT2D eigenvalue weighted by Crippen LogP contribution is -2.36. The van der Waals surface area contributed by atoms with E-state index < -0.39 is 0 Å². The van der Waals surface area contributed by atoms with E-state index in [9.17, 15) is 5.26 Å². The van der Waals surface area contributed by atoms with E-state index in [0.717, 1.165) is 39.3 Å². The van der Waals surface area contributed by atoms with Crippen LogP contribution in [-0.4, -0.2) is 0 Å². The summed E-state index contributed by atoms with van der Waals surface area (Å²) in [6.07, 6.45) is 3.52. The number of hydrogen-bond acceptors (Lipinski definition) is 2. The number of oxazole rings is 1. The highest BCUT2D eigenvalue weighted by atomic mass is 16.3. The number of benzene rings is 2. The molecule has 0 aliphatic carbocycles. The molecule has 0 aliphatic heterocycles. The minimum Gasteiger partial charge on any atom is -0.406 e. The number of nitrogens with zero attached hydrogens (tertiary/aromatic N) is 3. The zero-order valence-corrected chi connectivity index (χ0v) is 15.0. The highest BCUT2D eigenvalue weighted by Crippen LogP contribution is 2.27. The van der Waals surface area contributed by atoms with Gasteiger partial charge in [-0.2, -0.15) is 14.4 Å². The van der Waals surface area contributed by atoms with Crippen LogP contribution in [0.15, 0.2) is 65.4 Å². The van der Waals surface area contributed by atoms with E-state index in [1.54, 1.807) is 6.26 Å². The second kappa shape index (κ2) is 6.12. The topological polar surface area (TPSA) is 44.7 Å². The first-order valence-corrected chi connectivity index (χ1v) is 8.49. The molecule has 4 heteroatoms. The zero-order chi connectivity index (χ0) is 18.3. The lowest BCUT2D eigenvalue weighted by atomic mass is 10.0. The van der Waals surface area contributed by atoms with Crippen molar-refractivity contribution in [3.63, 3.8) is 0 Å². The van der Waals surface area contributed by atoms with Gasteiger partial charge in [0.15, 0.2) is 12.0 Å². The minimum absolute atomic E-state index is 0.608. The van der Waals surface area contributed by atoms with E-state index in [0.29, 0.717) is 5.56 Å². The van der Waals surface area contributed by atoms with Gasteiger partial charge in [0, 0.05) is 36.1 Å². The predicted octanol–water partition coefficient (Wildman–Crippen LogP) is 3.69. The molecule has 0 spiro atoms. The molecule has 0 radical (unpaired) electrons. The second-order valence-corrected chi connectivity index (χ2v) is 6.47. The van der Waals surface area contributed by atoms with Crippen LogP contribution in [0, 0.1) is 25.2 Å². The van der Waals surface area contributed by atoms with Crippen LogP contribution < -0.4 is 9.13 Å². The molecule has 0 fully saturated rings. The molecule has 4 rings (SSSR count). The lowest BCUT2D eigenvalue weighted by molar-refractivity contribution is -0.662. The van der Waals surface area contributed by atoms with Gasteiger partial charge in [0.2, 0.25) is 17.4 Å². The summed E-state index contributed by atoms with van der Waals surface area (Å²) in [5.74, 6) is 0.735. The third-order valence-electron chi connectivity index (χ3n) is 4.80. The normalized spacial score (nSPS) is 10.8. The summed E-state index contributed by atoms with van der Waals surface area (Å²) in [6, 6.07) is 18.6. The summed E-state index contributed by atoms with van der Waals surface area (Å²) in [6.45, 7) is 4.15. The molecule has 26 heavy (non-hydrogen) atoms. The smallest absolute Gasteiger partial charge is 0.380 e. The molecular weight excluding hydrogens is 322 g/mol. The largest absolute Gasteiger partial charge is 0.406 e. The van der Waals surface area contributed by atoms with E-state index >= 15 is 0 Å². The van der Waals surface area contributed by atoms with E-state index in [2.05, 4.69) is 48.7 Å². The van der Waals surface area contributed by atoms with Crippen LogP contribution in [-0.2, 0) is 7.05 Å². The third kappa shape index (κ3) is 2.46. The molecule has 126 valence electrons. The SMILES string of the molecule is Cc1c(-c2occ[n+]2C)cc(C#N)cc1-[n+]1c(C)ccc2ccccc21. The maximum absolute atomic E-state index is 9.58. The second-order valence-electron chi connectivity index (χ2n) is 6.47. The quantitative estimate of drug-likeness (QED) is 0.522. The van der Waals surface area contributed by atoms with Crippen molar-refractivity contribution < 1.29 is 13.6 Å². The van der Waals surface area contributed by atoms with Gasteiger partial charge in [-0.15, -0.1) is 0 Å². The van der Waals surface area contributed by atoms with Crippen LogP contribution >= 0.6 is 0 Å². The fourth-order valence-electron chi connectivity index (χ4n) is 3.44. The molecule has 2 aromatic carbocycles. The number of nitriles is 1. The summed E-state index contributed by atoms with van der Waals surface area (Å²) in [4.78, 5) is 0. The van der Waals surface area contributed by atoms with Crippen LogP contribution in [0.1, 0.15) is 16.8 Å². The summed E-state index contributed by atoms with van der Waals surface area (Å²) in [5.41, 5.74) is 5.81. The van der Waals surface area contributed by atoms with Gasteiger partial charge in [-0.1, -0.05) is 12.1 Å². The Hall–Kier alpha value is -3.45. The Morgan fingerprint density at radius 1 is 1.04 bits per heavy atom. The molecule has 0 unspecified atom stereocenters. The molecule has 4 nitrogen and oxygen atoms in total. The first-order chi connectivity index (χ1) is 12.6. The van der Waals surface area contributed by atoms with E-state index in [-0.39, 0.29) is 0 Å². The number of pyridine rings is 1. The van der Waals surface area contributed by atoms with Crippen molar-refractivity contribution in [3.8, 4) is 23.2 Å². The molecule has 2 aromatic heterocycles. The Labute approximate surface area is 152 Å². The molecule has 0 N–H and O–H groups in total. The summed E-state index contributed by atoms with van der Waals surface area (Å²) >= 11 is 0. The summed E-state index contributed by atoms with van der Waals surface area (Å²) in [7, 11) is 1.94. The van der Waals surface area contributed by atoms with Gasteiger partial charge in [0.25, 0.3) is 0 Å². The van der Waals surface area contributed by atoms with E-state index in [1.807, 2.05) is 42.1 Å². The van der Waals surface area contributed by atoms with Crippen molar-refractivity contribution in [1.82, 2.24) is 0 Å². The van der Waals surface area contributed by atoms with Gasteiger partial charge in [-0.25, -0.2) is 0 Å². The van der Waals surface area contributed by atoms with Crippen molar-refractivity contribution in [2.75, 3.05) is 0 Å². The number of aryl methyl sites for hydroxylation is 2. The maximum Gasteiger partial charge on any atom is 0.380 e. The van der Waals surface area contributed by atoms with Crippen molar-refractivity contribution in [2.45, 2.75) is 13.8 Å². The number of aromatic nitrogens is 2. The number of para-hydroxylation sites is 1. The molecule has 2 heterocycles. The predicted molar refractivity (Wildman–Crippen MR) is 98.5 cm³/mol. The molecule has 0 saturated carbocycles. The fourth-order valence-corrected chi connectivity index (χ4v) is 3.44. The van der Waals surface area contributed by atoms with Crippen LogP contribution in [0.4, 0.5) is 0 Å². The van der Waals surface area contributed by atoms with Crippen molar-refractivity contribution in [1.29, 1.82) is 5.26 Å².